The number of ether oxygens (including phenoxy) is 1. The molecule has 2 atom stereocenters. The van der Waals surface area contributed by atoms with Gasteiger partial charge in [-0.25, -0.2) is 8.42 Å². The number of likely N-dealkylation sites (tertiary alicyclic amines) is 1. The van der Waals surface area contributed by atoms with E-state index in [1.807, 2.05) is 54.6 Å². The number of carbonyl (C=O) groups is 1. The number of carboxylic acid groups (broad SMARTS) is 1. The minimum absolute atomic E-state index is 0.0984. The number of allylic oxidation sites excluding steroid dienone is 2. The lowest BCUT2D eigenvalue weighted by Crippen LogP contribution is -2.56. The molecule has 2 unspecified atom stereocenters. The highest BCUT2D eigenvalue weighted by Gasteiger charge is 2.50. The topological polar surface area (TPSA) is 87.2 Å². The number of nitrogens with zero attached hydrogens (tertiary/aromatic N) is 2. The van der Waals surface area contributed by atoms with E-state index in [-0.39, 0.29) is 12.3 Å². The maximum Gasteiger partial charge on any atom is 0.322 e. The Bertz CT molecular complexity index is 1220. The van der Waals surface area contributed by atoms with E-state index in [2.05, 4.69) is 17.0 Å². The fourth-order valence-electron chi connectivity index (χ4n) is 5.37. The van der Waals surface area contributed by atoms with E-state index in [1.54, 1.807) is 12.2 Å². The summed E-state index contributed by atoms with van der Waals surface area (Å²) < 4.78 is 34.3. The molecule has 0 aromatic heterocycles. The monoisotopic (exact) mass is 524 g/mol. The second kappa shape index (κ2) is 11.7. The van der Waals surface area contributed by atoms with Crippen LogP contribution in [0.2, 0.25) is 0 Å². The van der Waals surface area contributed by atoms with E-state index >= 15 is 0 Å². The molecule has 1 saturated heterocycles. The number of piperidine rings is 1. The second-order valence-corrected chi connectivity index (χ2v) is 12.0. The molecule has 0 amide bonds. The van der Waals surface area contributed by atoms with Crippen molar-refractivity contribution in [1.82, 2.24) is 9.21 Å². The Labute approximate surface area is 220 Å². The number of carboxylic acids is 1. The van der Waals surface area contributed by atoms with E-state index in [0.717, 1.165) is 41.5 Å². The molecular weight excluding hydrogens is 488 g/mol. The average Bonchev–Trinajstić information content (AvgIpc) is 2.93. The number of methoxy groups -OCH3 is 1. The van der Waals surface area contributed by atoms with E-state index in [4.69, 9.17) is 4.74 Å². The van der Waals surface area contributed by atoms with Crippen LogP contribution in [0.5, 0.6) is 0 Å². The maximum absolute atomic E-state index is 13.8. The third kappa shape index (κ3) is 5.88. The van der Waals surface area contributed by atoms with Gasteiger partial charge in [-0.1, -0.05) is 72.8 Å². The smallest absolute Gasteiger partial charge is 0.322 e. The van der Waals surface area contributed by atoms with Gasteiger partial charge in [0, 0.05) is 27.1 Å². The molecule has 0 saturated carbocycles. The van der Waals surface area contributed by atoms with Crippen molar-refractivity contribution in [2.24, 2.45) is 5.92 Å². The van der Waals surface area contributed by atoms with Crippen LogP contribution in [-0.4, -0.2) is 73.5 Å². The summed E-state index contributed by atoms with van der Waals surface area (Å²) in [5, 5.41) is 10.1. The third-order valence-corrected chi connectivity index (χ3v) is 10.0. The molecule has 1 N–H and O–H groups in total. The van der Waals surface area contributed by atoms with Crippen LogP contribution >= 0.6 is 0 Å². The highest BCUT2D eigenvalue weighted by molar-refractivity contribution is 7.90. The number of hydrogen-bond donors (Lipinski definition) is 1. The van der Waals surface area contributed by atoms with Gasteiger partial charge in [-0.05, 0) is 61.0 Å². The lowest BCUT2D eigenvalue weighted by molar-refractivity contribution is -0.143. The average molecular weight is 525 g/mol. The summed E-state index contributed by atoms with van der Waals surface area (Å²) in [5.41, 5.74) is 3.16. The zero-order valence-corrected chi connectivity index (χ0v) is 22.3. The number of benzene rings is 2. The fraction of sp³-hybridized carbons (Fsp3) is 0.414. The van der Waals surface area contributed by atoms with Crippen molar-refractivity contribution in [2.75, 3.05) is 33.8 Å². The van der Waals surface area contributed by atoms with Crippen molar-refractivity contribution in [3.05, 3.63) is 90.0 Å². The molecule has 1 fully saturated rings. The number of likely N-dealkylation sites (N-methyl/N-ethyl adjacent to an activating group) is 1. The molecular formula is C29H36N2O5S. The Morgan fingerprint density at radius 3 is 2.27 bits per heavy atom. The van der Waals surface area contributed by atoms with Crippen molar-refractivity contribution in [3.8, 4) is 0 Å². The van der Waals surface area contributed by atoms with Crippen molar-refractivity contribution >= 4 is 21.6 Å². The van der Waals surface area contributed by atoms with Crippen molar-refractivity contribution in [3.63, 3.8) is 0 Å². The predicted octanol–water partition coefficient (Wildman–Crippen LogP) is 4.04. The van der Waals surface area contributed by atoms with Crippen molar-refractivity contribution in [1.29, 1.82) is 0 Å². The Kier molecular flexibility index (Phi) is 8.64. The largest absolute Gasteiger partial charge is 0.480 e. The van der Waals surface area contributed by atoms with E-state index in [1.165, 1.54) is 19.7 Å². The summed E-state index contributed by atoms with van der Waals surface area (Å²) in [6.45, 7) is 2.39. The molecule has 8 heteroatoms. The number of hydrogen-bond acceptors (Lipinski definition) is 5. The van der Waals surface area contributed by atoms with Gasteiger partial charge in [-0.15, -0.1) is 0 Å². The molecule has 4 rings (SSSR count). The summed E-state index contributed by atoms with van der Waals surface area (Å²) in [4.78, 5) is 13.1. The van der Waals surface area contributed by atoms with Crippen molar-refractivity contribution < 1.29 is 23.1 Å². The first-order valence-corrected chi connectivity index (χ1v) is 14.2. The Morgan fingerprint density at radius 1 is 1.11 bits per heavy atom. The molecule has 2 aliphatic rings. The van der Waals surface area contributed by atoms with Crippen LogP contribution in [-0.2, 0) is 26.0 Å². The third-order valence-electron chi connectivity index (χ3n) is 7.67. The summed E-state index contributed by atoms with van der Waals surface area (Å²) in [5.74, 6) is -1.40. The zero-order chi connectivity index (χ0) is 26.5. The molecule has 198 valence electrons. The summed E-state index contributed by atoms with van der Waals surface area (Å²) in [6.07, 6.45) is 7.41. The molecule has 7 nitrogen and oxygen atoms in total. The van der Waals surface area contributed by atoms with Gasteiger partial charge in [0.05, 0.1) is 0 Å². The first kappa shape index (κ1) is 27.3. The molecule has 1 aliphatic heterocycles. The van der Waals surface area contributed by atoms with E-state index < -0.39 is 27.0 Å². The molecule has 2 aromatic rings. The minimum Gasteiger partial charge on any atom is -0.480 e. The van der Waals surface area contributed by atoms with Gasteiger partial charge >= 0.3 is 5.97 Å². The highest BCUT2D eigenvalue weighted by atomic mass is 32.2. The van der Waals surface area contributed by atoms with Crippen LogP contribution in [0, 0.1) is 5.92 Å². The lowest BCUT2D eigenvalue weighted by atomic mass is 9.89. The first-order valence-electron chi connectivity index (χ1n) is 12.7. The molecule has 0 bridgehead atoms. The normalized spacial score (nSPS) is 22.1. The lowest BCUT2D eigenvalue weighted by Gasteiger charge is -2.40. The first-order chi connectivity index (χ1) is 17.8. The number of rotatable bonds is 10. The van der Waals surface area contributed by atoms with Crippen LogP contribution in [0.15, 0.2) is 78.9 Å². The summed E-state index contributed by atoms with van der Waals surface area (Å²) in [7, 11) is -1.41. The second-order valence-electron chi connectivity index (χ2n) is 9.80. The van der Waals surface area contributed by atoms with Crippen LogP contribution < -0.4 is 0 Å². The standard InChI is InChI=1S/C29H36N2O5S/c1-30(37(34,35)29(36-2)18-13-25(14-19-29)24-11-7-4-8-12-24)27(28(32)33)26-16-21-31(22-17-26)20-15-23-9-5-3-6-10-23/h3-14,18,26-27H,15-17,19-22H2,1-2H3,(H,32,33). The molecule has 1 heterocycles. The van der Waals surface area contributed by atoms with Crippen LogP contribution in [0.25, 0.3) is 5.57 Å². The van der Waals surface area contributed by atoms with E-state index in [9.17, 15) is 18.3 Å². The molecule has 0 radical (unpaired) electrons. The molecule has 37 heavy (non-hydrogen) atoms. The van der Waals surface area contributed by atoms with Crippen molar-refractivity contribution in [2.45, 2.75) is 36.7 Å². The van der Waals surface area contributed by atoms with Gasteiger partial charge in [-0.2, -0.15) is 4.31 Å². The molecule has 0 spiro atoms. The van der Waals surface area contributed by atoms with Gasteiger partial charge in [0.2, 0.25) is 15.0 Å². The van der Waals surface area contributed by atoms with Gasteiger partial charge in [-0.3, -0.25) is 4.79 Å². The SMILES string of the molecule is COC1(S(=O)(=O)N(C)C(C(=O)O)C2CCN(CCc3ccccc3)CC2)C=CC(c2ccccc2)=CC1. The zero-order valence-electron chi connectivity index (χ0n) is 21.5. The summed E-state index contributed by atoms with van der Waals surface area (Å²) >= 11 is 0. The van der Waals surface area contributed by atoms with Gasteiger partial charge in [0.15, 0.2) is 0 Å². The Morgan fingerprint density at radius 2 is 1.73 bits per heavy atom. The maximum atomic E-state index is 13.8. The van der Waals surface area contributed by atoms with Gasteiger partial charge in [0.25, 0.3) is 0 Å². The Balaban J connectivity index is 1.44. The highest BCUT2D eigenvalue weighted by Crippen LogP contribution is 2.37. The van der Waals surface area contributed by atoms with Gasteiger partial charge in [0.1, 0.15) is 6.04 Å². The minimum atomic E-state index is -4.15. The summed E-state index contributed by atoms with van der Waals surface area (Å²) in [6, 6.07) is 18.8. The number of aliphatic carboxylic acids is 1. The van der Waals surface area contributed by atoms with Crippen LogP contribution in [0.3, 0.4) is 0 Å². The Hall–Kier alpha value is -2.78. The predicted molar refractivity (Wildman–Crippen MR) is 145 cm³/mol. The van der Waals surface area contributed by atoms with Crippen LogP contribution in [0.1, 0.15) is 30.4 Å². The molecule has 2 aromatic carbocycles. The molecule has 1 aliphatic carbocycles. The number of sulfonamides is 1. The quantitative estimate of drug-likeness (QED) is 0.505. The fourth-order valence-corrected chi connectivity index (χ4v) is 7.16. The van der Waals surface area contributed by atoms with Gasteiger partial charge < -0.3 is 14.7 Å². The van der Waals surface area contributed by atoms with Crippen LogP contribution in [0.4, 0.5) is 0 Å². The van der Waals surface area contributed by atoms with E-state index in [0.29, 0.717) is 12.8 Å².